The number of carboxylic acid groups (broad SMARTS) is 1. The molecule has 64 valence electrons. The molecule has 1 amide bonds. The van der Waals surface area contributed by atoms with Gasteiger partial charge in [-0.15, -0.1) is 0 Å². The average Bonchev–Trinajstić information content (AvgIpc) is 2.05. The highest BCUT2D eigenvalue weighted by molar-refractivity contribution is 14.1. The van der Waals surface area contributed by atoms with Gasteiger partial charge in [0.1, 0.15) is 0 Å². The second-order valence-corrected chi connectivity index (χ2v) is 3.77. The largest absolute Gasteiger partial charge is 0.465 e. The Labute approximate surface area is 79.9 Å². The highest BCUT2D eigenvalue weighted by atomic mass is 127. The van der Waals surface area contributed by atoms with Gasteiger partial charge < -0.3 is 10.0 Å². The van der Waals surface area contributed by atoms with Crippen LogP contribution in [-0.4, -0.2) is 33.6 Å². The van der Waals surface area contributed by atoms with Crippen LogP contribution in [0.1, 0.15) is 12.8 Å². The van der Waals surface area contributed by atoms with Gasteiger partial charge in [0.2, 0.25) is 0 Å². The second kappa shape index (κ2) is 4.13. The van der Waals surface area contributed by atoms with Crippen molar-refractivity contribution in [1.82, 2.24) is 4.90 Å². The van der Waals surface area contributed by atoms with Gasteiger partial charge in [0.25, 0.3) is 0 Å². The lowest BCUT2D eigenvalue weighted by molar-refractivity contribution is 0.124. The highest BCUT2D eigenvalue weighted by Gasteiger charge is 2.21. The minimum absolute atomic E-state index is 0.584. The van der Waals surface area contributed by atoms with Gasteiger partial charge in [-0.3, -0.25) is 0 Å². The third-order valence-electron chi connectivity index (χ3n) is 2.01. The number of amides is 1. The molecule has 1 saturated heterocycles. The van der Waals surface area contributed by atoms with E-state index in [1.54, 1.807) is 0 Å². The van der Waals surface area contributed by atoms with Crippen molar-refractivity contribution < 1.29 is 9.90 Å². The Kier molecular flexibility index (Phi) is 3.42. The number of rotatable bonds is 1. The first-order valence-corrected chi connectivity index (χ1v) is 5.30. The van der Waals surface area contributed by atoms with Crippen molar-refractivity contribution in [2.75, 3.05) is 17.5 Å². The summed E-state index contributed by atoms with van der Waals surface area (Å²) >= 11 is 2.32. The maximum Gasteiger partial charge on any atom is 0.407 e. The Hall–Kier alpha value is 0. The molecule has 1 N–H and O–H groups in total. The predicted molar refractivity (Wildman–Crippen MR) is 51.2 cm³/mol. The van der Waals surface area contributed by atoms with Gasteiger partial charge in [0, 0.05) is 17.5 Å². The third-order valence-corrected chi connectivity index (χ3v) is 3.25. The number of halogens is 1. The van der Waals surface area contributed by atoms with E-state index in [9.17, 15) is 4.79 Å². The zero-order chi connectivity index (χ0) is 8.27. The molecule has 0 unspecified atom stereocenters. The van der Waals surface area contributed by atoms with E-state index in [2.05, 4.69) is 22.6 Å². The molecule has 0 radical (unpaired) electrons. The van der Waals surface area contributed by atoms with Gasteiger partial charge in [0.15, 0.2) is 0 Å². The number of hydrogen-bond acceptors (Lipinski definition) is 1. The number of likely N-dealkylation sites (tertiary alicyclic amines) is 1. The van der Waals surface area contributed by atoms with Crippen LogP contribution < -0.4 is 0 Å². The van der Waals surface area contributed by atoms with E-state index < -0.39 is 6.09 Å². The Balaban J connectivity index is 2.39. The fourth-order valence-electron chi connectivity index (χ4n) is 1.36. The Morgan fingerprint density at radius 3 is 3.00 bits per heavy atom. The smallest absolute Gasteiger partial charge is 0.407 e. The second-order valence-electron chi connectivity index (χ2n) is 2.89. The first-order chi connectivity index (χ1) is 5.24. The van der Waals surface area contributed by atoms with Crippen molar-refractivity contribution in [3.63, 3.8) is 0 Å². The molecule has 0 aromatic rings. The quantitative estimate of drug-likeness (QED) is 0.582. The van der Waals surface area contributed by atoms with Crippen LogP contribution in [0.2, 0.25) is 0 Å². The molecule has 0 aromatic carbocycles. The summed E-state index contributed by atoms with van der Waals surface area (Å²) in [5.74, 6) is 0.584. The maximum atomic E-state index is 10.5. The zero-order valence-electron chi connectivity index (χ0n) is 6.29. The minimum atomic E-state index is -0.764. The monoisotopic (exact) mass is 269 g/mol. The van der Waals surface area contributed by atoms with Crippen LogP contribution in [0, 0.1) is 5.92 Å². The number of nitrogens with zero attached hydrogens (tertiary/aromatic N) is 1. The van der Waals surface area contributed by atoms with Crippen molar-refractivity contribution in [2.24, 2.45) is 5.92 Å². The summed E-state index contributed by atoms with van der Waals surface area (Å²) in [5.41, 5.74) is 0. The molecular weight excluding hydrogens is 257 g/mol. The molecule has 0 saturated carbocycles. The lowest BCUT2D eigenvalue weighted by Crippen LogP contribution is -2.39. The Morgan fingerprint density at radius 1 is 1.73 bits per heavy atom. The standard InChI is InChI=1S/C7H12INO2/c8-4-6-2-1-3-9(5-6)7(10)11/h6H,1-5H2,(H,10,11)/t6-/m0/s1. The topological polar surface area (TPSA) is 40.5 Å². The van der Waals surface area contributed by atoms with Gasteiger partial charge >= 0.3 is 6.09 Å². The SMILES string of the molecule is O=C(O)N1CCC[C@@H](CI)C1. The van der Waals surface area contributed by atoms with Gasteiger partial charge in [0.05, 0.1) is 0 Å². The highest BCUT2D eigenvalue weighted by Crippen LogP contribution is 2.18. The van der Waals surface area contributed by atoms with Gasteiger partial charge in [-0.05, 0) is 18.8 Å². The number of alkyl halides is 1. The van der Waals surface area contributed by atoms with Crippen molar-refractivity contribution in [3.8, 4) is 0 Å². The molecule has 1 aliphatic rings. The molecule has 11 heavy (non-hydrogen) atoms. The fourth-order valence-corrected chi connectivity index (χ4v) is 2.08. The lowest BCUT2D eigenvalue weighted by Gasteiger charge is -2.29. The molecule has 4 heteroatoms. The predicted octanol–water partition coefficient (Wildman–Crippen LogP) is 1.81. The van der Waals surface area contributed by atoms with Crippen LogP contribution in [0.15, 0.2) is 0 Å². The molecule has 1 heterocycles. The molecule has 1 rings (SSSR count). The molecule has 0 spiro atoms. The first-order valence-electron chi connectivity index (χ1n) is 3.78. The first kappa shape index (κ1) is 9.09. The normalized spacial score (nSPS) is 25.2. The molecule has 0 aliphatic carbocycles. The fraction of sp³-hybridized carbons (Fsp3) is 0.857. The molecule has 0 aromatic heterocycles. The van der Waals surface area contributed by atoms with E-state index >= 15 is 0 Å². The van der Waals surface area contributed by atoms with E-state index in [4.69, 9.17) is 5.11 Å². The lowest BCUT2D eigenvalue weighted by atomic mass is 10.0. The van der Waals surface area contributed by atoms with E-state index in [1.165, 1.54) is 11.3 Å². The molecular formula is C7H12INO2. The zero-order valence-corrected chi connectivity index (χ0v) is 8.45. The summed E-state index contributed by atoms with van der Waals surface area (Å²) in [4.78, 5) is 12.1. The summed E-state index contributed by atoms with van der Waals surface area (Å²) < 4.78 is 1.07. The minimum Gasteiger partial charge on any atom is -0.465 e. The molecule has 1 atom stereocenters. The molecule has 1 aliphatic heterocycles. The van der Waals surface area contributed by atoms with Crippen LogP contribution in [-0.2, 0) is 0 Å². The summed E-state index contributed by atoms with van der Waals surface area (Å²) in [6.07, 6.45) is 1.45. The van der Waals surface area contributed by atoms with Crippen molar-refractivity contribution >= 4 is 28.7 Å². The van der Waals surface area contributed by atoms with Gasteiger partial charge in [-0.1, -0.05) is 22.6 Å². The molecule has 0 bridgehead atoms. The van der Waals surface area contributed by atoms with Crippen LogP contribution >= 0.6 is 22.6 Å². The van der Waals surface area contributed by atoms with Gasteiger partial charge in [-0.2, -0.15) is 0 Å². The van der Waals surface area contributed by atoms with Gasteiger partial charge in [-0.25, -0.2) is 4.79 Å². The summed E-state index contributed by atoms with van der Waals surface area (Å²) in [5, 5.41) is 8.68. The molecule has 3 nitrogen and oxygen atoms in total. The van der Waals surface area contributed by atoms with E-state index in [0.717, 1.165) is 23.9 Å². The number of hydrogen-bond donors (Lipinski definition) is 1. The Bertz CT molecular complexity index is 151. The Morgan fingerprint density at radius 2 is 2.45 bits per heavy atom. The van der Waals surface area contributed by atoms with Crippen LogP contribution in [0.4, 0.5) is 4.79 Å². The van der Waals surface area contributed by atoms with Crippen LogP contribution in [0.25, 0.3) is 0 Å². The van der Waals surface area contributed by atoms with Crippen molar-refractivity contribution in [3.05, 3.63) is 0 Å². The van der Waals surface area contributed by atoms with Crippen LogP contribution in [0.5, 0.6) is 0 Å². The van der Waals surface area contributed by atoms with E-state index in [0.29, 0.717) is 5.92 Å². The summed E-state index contributed by atoms with van der Waals surface area (Å²) in [6.45, 7) is 1.46. The van der Waals surface area contributed by atoms with Crippen molar-refractivity contribution in [1.29, 1.82) is 0 Å². The van der Waals surface area contributed by atoms with E-state index in [1.807, 2.05) is 0 Å². The summed E-state index contributed by atoms with van der Waals surface area (Å²) in [7, 11) is 0. The maximum absolute atomic E-state index is 10.5. The van der Waals surface area contributed by atoms with Crippen LogP contribution in [0.3, 0.4) is 0 Å². The number of piperidine rings is 1. The molecule has 1 fully saturated rings. The van der Waals surface area contributed by atoms with E-state index in [-0.39, 0.29) is 0 Å². The summed E-state index contributed by atoms with van der Waals surface area (Å²) in [6, 6.07) is 0. The van der Waals surface area contributed by atoms with Crippen molar-refractivity contribution in [2.45, 2.75) is 12.8 Å². The third kappa shape index (κ3) is 2.50. The average molecular weight is 269 g/mol. The number of carbonyl (C=O) groups is 1.